The van der Waals surface area contributed by atoms with E-state index in [0.717, 1.165) is 5.01 Å². The van der Waals surface area contributed by atoms with Crippen molar-refractivity contribution in [3.63, 3.8) is 0 Å². The lowest BCUT2D eigenvalue weighted by Gasteiger charge is -2.04. The maximum atomic E-state index is 5.49. The molecule has 3 nitrogen and oxygen atoms in total. The van der Waals surface area contributed by atoms with Crippen molar-refractivity contribution in [3.05, 3.63) is 5.01 Å². The third-order valence-electron chi connectivity index (χ3n) is 1.87. The van der Waals surface area contributed by atoms with Crippen LogP contribution in [0.3, 0.4) is 0 Å². The van der Waals surface area contributed by atoms with Gasteiger partial charge in [-0.2, -0.15) is 0 Å². The molecule has 4 heteroatoms. The quantitative estimate of drug-likeness (QED) is 0.783. The Bertz CT molecular complexity index is 234. The van der Waals surface area contributed by atoms with Gasteiger partial charge in [0.05, 0.1) is 0 Å². The highest BCUT2D eigenvalue weighted by atomic mass is 32.1. The Labute approximate surface area is 77.0 Å². The molecule has 0 aliphatic heterocycles. The molecule has 0 bridgehead atoms. The van der Waals surface area contributed by atoms with Crippen LogP contribution >= 0.6 is 11.3 Å². The maximum absolute atomic E-state index is 5.49. The number of aromatic nitrogens is 2. The SMILES string of the molecule is CCCCC(C)c1nnc(N)s1. The van der Waals surface area contributed by atoms with E-state index in [-0.39, 0.29) is 0 Å². The van der Waals surface area contributed by atoms with E-state index in [1.54, 1.807) is 0 Å². The number of hydrogen-bond acceptors (Lipinski definition) is 4. The lowest BCUT2D eigenvalue weighted by Crippen LogP contribution is -1.92. The Morgan fingerprint density at radius 2 is 2.25 bits per heavy atom. The number of anilines is 1. The van der Waals surface area contributed by atoms with E-state index in [1.807, 2.05) is 0 Å². The maximum Gasteiger partial charge on any atom is 0.203 e. The summed E-state index contributed by atoms with van der Waals surface area (Å²) in [4.78, 5) is 0. The monoisotopic (exact) mass is 185 g/mol. The van der Waals surface area contributed by atoms with Crippen molar-refractivity contribution < 1.29 is 0 Å². The summed E-state index contributed by atoms with van der Waals surface area (Å²) in [5.74, 6) is 0.514. The topological polar surface area (TPSA) is 51.8 Å². The van der Waals surface area contributed by atoms with Gasteiger partial charge in [-0.25, -0.2) is 0 Å². The highest BCUT2D eigenvalue weighted by molar-refractivity contribution is 7.15. The van der Waals surface area contributed by atoms with Gasteiger partial charge in [-0.15, -0.1) is 10.2 Å². The molecule has 1 aromatic heterocycles. The Morgan fingerprint density at radius 3 is 2.75 bits per heavy atom. The van der Waals surface area contributed by atoms with E-state index in [0.29, 0.717) is 11.0 Å². The number of nitrogen functional groups attached to an aromatic ring is 1. The van der Waals surface area contributed by atoms with Crippen LogP contribution in [0.15, 0.2) is 0 Å². The summed E-state index contributed by atoms with van der Waals surface area (Å²) in [5, 5.41) is 9.45. The van der Waals surface area contributed by atoms with Crippen LogP contribution in [0, 0.1) is 0 Å². The van der Waals surface area contributed by atoms with E-state index < -0.39 is 0 Å². The number of hydrogen-bond donors (Lipinski definition) is 1. The Kier molecular flexibility index (Phi) is 3.47. The van der Waals surface area contributed by atoms with Crippen molar-refractivity contribution in [3.8, 4) is 0 Å². The van der Waals surface area contributed by atoms with Gasteiger partial charge in [-0.3, -0.25) is 0 Å². The molecule has 0 amide bonds. The van der Waals surface area contributed by atoms with Crippen LogP contribution in [-0.2, 0) is 0 Å². The second kappa shape index (κ2) is 4.40. The van der Waals surface area contributed by atoms with Crippen molar-refractivity contribution >= 4 is 16.5 Å². The first-order valence-electron chi connectivity index (χ1n) is 4.33. The van der Waals surface area contributed by atoms with E-state index in [1.165, 1.54) is 30.6 Å². The van der Waals surface area contributed by atoms with Crippen LogP contribution < -0.4 is 5.73 Å². The second-order valence-corrected chi connectivity index (χ2v) is 4.06. The molecule has 0 aromatic carbocycles. The highest BCUT2D eigenvalue weighted by Gasteiger charge is 2.09. The normalized spacial score (nSPS) is 13.2. The van der Waals surface area contributed by atoms with Gasteiger partial charge in [0.1, 0.15) is 5.01 Å². The van der Waals surface area contributed by atoms with E-state index >= 15 is 0 Å². The van der Waals surface area contributed by atoms with Crippen LogP contribution in [0.4, 0.5) is 5.13 Å². The smallest absolute Gasteiger partial charge is 0.203 e. The van der Waals surface area contributed by atoms with Crippen molar-refractivity contribution in [1.29, 1.82) is 0 Å². The third kappa shape index (κ3) is 2.44. The lowest BCUT2D eigenvalue weighted by atomic mass is 10.1. The number of unbranched alkanes of at least 4 members (excludes halogenated alkanes) is 1. The van der Waals surface area contributed by atoms with Gasteiger partial charge in [-0.05, 0) is 6.42 Å². The molecule has 1 aromatic rings. The van der Waals surface area contributed by atoms with Crippen molar-refractivity contribution in [2.24, 2.45) is 0 Å². The zero-order valence-electron chi connectivity index (χ0n) is 7.58. The minimum Gasteiger partial charge on any atom is -0.374 e. The van der Waals surface area contributed by atoms with Crippen molar-refractivity contribution in [2.75, 3.05) is 5.73 Å². The van der Waals surface area contributed by atoms with Gasteiger partial charge >= 0.3 is 0 Å². The average Bonchev–Trinajstić information content (AvgIpc) is 2.47. The van der Waals surface area contributed by atoms with E-state index in [2.05, 4.69) is 24.0 Å². The molecule has 0 spiro atoms. The molecule has 1 rings (SSSR count). The summed E-state index contributed by atoms with van der Waals surface area (Å²) in [7, 11) is 0. The molecule has 0 aliphatic carbocycles. The molecule has 0 saturated carbocycles. The van der Waals surface area contributed by atoms with Gasteiger partial charge in [0.15, 0.2) is 0 Å². The van der Waals surface area contributed by atoms with Gasteiger partial charge < -0.3 is 5.73 Å². The number of rotatable bonds is 4. The predicted octanol–water partition coefficient (Wildman–Crippen LogP) is 2.41. The standard InChI is InChI=1S/C8H15N3S/c1-3-4-5-6(2)7-10-11-8(9)12-7/h6H,3-5H2,1-2H3,(H2,9,11). The molecule has 1 heterocycles. The number of nitrogens with zero attached hydrogens (tertiary/aromatic N) is 2. The number of nitrogens with two attached hydrogens (primary N) is 1. The van der Waals surface area contributed by atoms with E-state index in [4.69, 9.17) is 5.73 Å². The summed E-state index contributed by atoms with van der Waals surface area (Å²) >= 11 is 1.50. The molecule has 1 atom stereocenters. The Hall–Kier alpha value is -0.640. The third-order valence-corrected chi connectivity index (χ3v) is 2.85. The molecular formula is C8H15N3S. The largest absolute Gasteiger partial charge is 0.374 e. The Morgan fingerprint density at radius 1 is 1.50 bits per heavy atom. The second-order valence-electron chi connectivity index (χ2n) is 3.02. The molecule has 0 fully saturated rings. The zero-order chi connectivity index (χ0) is 8.97. The lowest BCUT2D eigenvalue weighted by molar-refractivity contribution is 0.616. The summed E-state index contributed by atoms with van der Waals surface area (Å²) in [5.41, 5.74) is 5.49. The van der Waals surface area contributed by atoms with Crippen molar-refractivity contribution in [1.82, 2.24) is 10.2 Å². The van der Waals surface area contributed by atoms with Crippen molar-refractivity contribution in [2.45, 2.75) is 39.0 Å². The molecule has 2 N–H and O–H groups in total. The van der Waals surface area contributed by atoms with Crippen LogP contribution in [0.2, 0.25) is 0 Å². The molecule has 12 heavy (non-hydrogen) atoms. The fraction of sp³-hybridized carbons (Fsp3) is 0.750. The predicted molar refractivity (Wildman–Crippen MR) is 52.3 cm³/mol. The zero-order valence-corrected chi connectivity index (χ0v) is 8.40. The van der Waals surface area contributed by atoms with Crippen LogP contribution in [0.25, 0.3) is 0 Å². The van der Waals surface area contributed by atoms with E-state index in [9.17, 15) is 0 Å². The molecular weight excluding hydrogens is 170 g/mol. The van der Waals surface area contributed by atoms with Crippen LogP contribution in [-0.4, -0.2) is 10.2 Å². The first kappa shape index (κ1) is 9.45. The highest BCUT2D eigenvalue weighted by Crippen LogP contribution is 2.24. The first-order chi connectivity index (χ1) is 5.74. The fourth-order valence-electron chi connectivity index (χ4n) is 1.08. The summed E-state index contributed by atoms with van der Waals surface area (Å²) in [6.45, 7) is 4.37. The summed E-state index contributed by atoms with van der Waals surface area (Å²) in [6, 6.07) is 0. The Balaban J connectivity index is 2.47. The summed E-state index contributed by atoms with van der Waals surface area (Å²) in [6.07, 6.45) is 3.67. The first-order valence-corrected chi connectivity index (χ1v) is 5.14. The summed E-state index contributed by atoms with van der Waals surface area (Å²) < 4.78 is 0. The van der Waals surface area contributed by atoms with Gasteiger partial charge in [0.2, 0.25) is 5.13 Å². The minimum absolute atomic E-state index is 0.514. The van der Waals surface area contributed by atoms with Crippen LogP contribution in [0.5, 0.6) is 0 Å². The molecule has 0 radical (unpaired) electrons. The fourth-order valence-corrected chi connectivity index (χ4v) is 1.78. The van der Waals surface area contributed by atoms with Gasteiger partial charge in [0.25, 0.3) is 0 Å². The van der Waals surface area contributed by atoms with Gasteiger partial charge in [-0.1, -0.05) is 38.0 Å². The molecule has 0 aliphatic rings. The average molecular weight is 185 g/mol. The van der Waals surface area contributed by atoms with Gasteiger partial charge in [0, 0.05) is 5.92 Å². The molecule has 0 saturated heterocycles. The molecule has 68 valence electrons. The molecule has 1 unspecified atom stereocenters. The minimum atomic E-state index is 0.514. The van der Waals surface area contributed by atoms with Crippen LogP contribution in [0.1, 0.15) is 44.0 Å².